The molecule has 21 heavy (non-hydrogen) atoms. The minimum absolute atomic E-state index is 0.132. The Hall–Kier alpha value is -2.47. The molecule has 1 aromatic carbocycles. The van der Waals surface area contributed by atoms with Gasteiger partial charge in [0, 0.05) is 11.3 Å². The van der Waals surface area contributed by atoms with Gasteiger partial charge in [-0.05, 0) is 30.2 Å². The molecule has 4 N–H and O–H groups in total. The highest BCUT2D eigenvalue weighted by atomic mass is 19.1. The summed E-state index contributed by atoms with van der Waals surface area (Å²) in [4.78, 5) is 16.5. The Kier molecular flexibility index (Phi) is 4.49. The number of nitrogen functional groups attached to an aromatic ring is 1. The van der Waals surface area contributed by atoms with Gasteiger partial charge in [0.05, 0.1) is 5.69 Å². The highest BCUT2D eigenvalue weighted by molar-refractivity contribution is 6.04. The SMILES string of the molecule is CC(C)c1cc(C(=O)Nc2ccccc2F)cc(NN)n1. The Balaban J connectivity index is 2.30. The number of pyridine rings is 1. The minimum Gasteiger partial charge on any atom is -0.319 e. The molecular weight excluding hydrogens is 271 g/mol. The molecular formula is C15H17FN4O. The summed E-state index contributed by atoms with van der Waals surface area (Å²) in [6.45, 7) is 3.92. The quantitative estimate of drug-likeness (QED) is 0.597. The van der Waals surface area contributed by atoms with Gasteiger partial charge in [-0.1, -0.05) is 26.0 Å². The zero-order valence-electron chi connectivity index (χ0n) is 11.9. The van der Waals surface area contributed by atoms with Gasteiger partial charge in [-0.2, -0.15) is 0 Å². The van der Waals surface area contributed by atoms with E-state index < -0.39 is 11.7 Å². The lowest BCUT2D eigenvalue weighted by Crippen LogP contribution is -2.16. The van der Waals surface area contributed by atoms with Gasteiger partial charge in [-0.25, -0.2) is 15.2 Å². The van der Waals surface area contributed by atoms with Crippen molar-refractivity contribution >= 4 is 17.4 Å². The number of nitrogens with zero attached hydrogens (tertiary/aromatic N) is 1. The molecule has 0 aliphatic rings. The van der Waals surface area contributed by atoms with E-state index in [0.717, 1.165) is 5.69 Å². The molecule has 0 saturated carbocycles. The summed E-state index contributed by atoms with van der Waals surface area (Å²) in [7, 11) is 0. The van der Waals surface area contributed by atoms with Crippen LogP contribution in [0.3, 0.4) is 0 Å². The summed E-state index contributed by atoms with van der Waals surface area (Å²) in [5.41, 5.74) is 3.65. The molecule has 6 heteroatoms. The van der Waals surface area contributed by atoms with Crippen molar-refractivity contribution in [1.29, 1.82) is 0 Å². The molecule has 2 rings (SSSR count). The van der Waals surface area contributed by atoms with Crippen LogP contribution in [0.4, 0.5) is 15.9 Å². The van der Waals surface area contributed by atoms with E-state index in [-0.39, 0.29) is 11.6 Å². The van der Waals surface area contributed by atoms with Crippen LogP contribution >= 0.6 is 0 Å². The molecule has 2 aromatic rings. The van der Waals surface area contributed by atoms with Gasteiger partial charge in [0.25, 0.3) is 5.91 Å². The number of carbonyl (C=O) groups is 1. The zero-order valence-corrected chi connectivity index (χ0v) is 11.9. The smallest absolute Gasteiger partial charge is 0.255 e. The highest BCUT2D eigenvalue weighted by Gasteiger charge is 2.13. The van der Waals surface area contributed by atoms with E-state index >= 15 is 0 Å². The molecule has 5 nitrogen and oxygen atoms in total. The Morgan fingerprint density at radius 2 is 2.00 bits per heavy atom. The van der Waals surface area contributed by atoms with Gasteiger partial charge in [-0.3, -0.25) is 4.79 Å². The molecule has 0 aliphatic heterocycles. The van der Waals surface area contributed by atoms with Crippen LogP contribution in [-0.2, 0) is 0 Å². The molecule has 110 valence electrons. The lowest BCUT2D eigenvalue weighted by atomic mass is 10.1. The highest BCUT2D eigenvalue weighted by Crippen LogP contribution is 2.19. The predicted molar refractivity (Wildman–Crippen MR) is 80.5 cm³/mol. The van der Waals surface area contributed by atoms with Crippen molar-refractivity contribution in [3.8, 4) is 0 Å². The Morgan fingerprint density at radius 3 is 2.62 bits per heavy atom. The second kappa shape index (κ2) is 6.32. The van der Waals surface area contributed by atoms with Gasteiger partial charge < -0.3 is 10.7 Å². The van der Waals surface area contributed by atoms with Crippen LogP contribution in [0.1, 0.15) is 35.8 Å². The third-order valence-corrected chi connectivity index (χ3v) is 2.97. The van der Waals surface area contributed by atoms with Crippen molar-refractivity contribution in [3.63, 3.8) is 0 Å². The summed E-state index contributed by atoms with van der Waals surface area (Å²) >= 11 is 0. The molecule has 0 radical (unpaired) electrons. The maximum absolute atomic E-state index is 13.6. The van der Waals surface area contributed by atoms with E-state index in [9.17, 15) is 9.18 Å². The fourth-order valence-corrected chi connectivity index (χ4v) is 1.81. The van der Waals surface area contributed by atoms with Gasteiger partial charge in [0.1, 0.15) is 11.6 Å². The third kappa shape index (κ3) is 3.55. The number of benzene rings is 1. The van der Waals surface area contributed by atoms with E-state index in [1.807, 2.05) is 13.8 Å². The van der Waals surface area contributed by atoms with Crippen molar-refractivity contribution in [2.24, 2.45) is 5.84 Å². The number of para-hydroxylation sites is 1. The molecule has 0 atom stereocenters. The number of aromatic nitrogens is 1. The van der Waals surface area contributed by atoms with Crippen molar-refractivity contribution < 1.29 is 9.18 Å². The second-order valence-electron chi connectivity index (χ2n) is 4.90. The van der Waals surface area contributed by atoms with Crippen molar-refractivity contribution in [2.45, 2.75) is 19.8 Å². The van der Waals surface area contributed by atoms with Crippen LogP contribution in [0.5, 0.6) is 0 Å². The number of rotatable bonds is 4. The summed E-state index contributed by atoms with van der Waals surface area (Å²) in [5, 5.41) is 2.53. The first-order valence-corrected chi connectivity index (χ1v) is 6.55. The average Bonchev–Trinajstić information content (AvgIpc) is 2.49. The monoisotopic (exact) mass is 288 g/mol. The number of hydrogen-bond donors (Lipinski definition) is 3. The number of anilines is 2. The largest absolute Gasteiger partial charge is 0.319 e. The molecule has 1 amide bonds. The fourth-order valence-electron chi connectivity index (χ4n) is 1.81. The van der Waals surface area contributed by atoms with Crippen LogP contribution in [0.15, 0.2) is 36.4 Å². The average molecular weight is 288 g/mol. The summed E-state index contributed by atoms with van der Waals surface area (Å²) in [6.07, 6.45) is 0. The van der Waals surface area contributed by atoms with Crippen LogP contribution in [0.2, 0.25) is 0 Å². The minimum atomic E-state index is -0.485. The van der Waals surface area contributed by atoms with E-state index in [2.05, 4.69) is 15.7 Å². The van der Waals surface area contributed by atoms with Crippen LogP contribution < -0.4 is 16.6 Å². The summed E-state index contributed by atoms with van der Waals surface area (Å²) in [6, 6.07) is 9.18. The van der Waals surface area contributed by atoms with Crippen molar-refractivity contribution in [1.82, 2.24) is 4.98 Å². The van der Waals surface area contributed by atoms with E-state index in [4.69, 9.17) is 5.84 Å². The number of carbonyl (C=O) groups excluding carboxylic acids is 1. The predicted octanol–water partition coefficient (Wildman–Crippen LogP) is 2.88. The van der Waals surface area contributed by atoms with E-state index in [1.165, 1.54) is 18.2 Å². The molecule has 0 spiro atoms. The van der Waals surface area contributed by atoms with E-state index in [0.29, 0.717) is 11.4 Å². The first-order valence-electron chi connectivity index (χ1n) is 6.55. The Morgan fingerprint density at radius 1 is 1.29 bits per heavy atom. The standard InChI is InChI=1S/C15H17FN4O/c1-9(2)13-7-10(8-14(18-13)20-17)15(21)19-12-6-4-3-5-11(12)16/h3-9H,17H2,1-2H3,(H,18,20)(H,19,21). The molecule has 0 aliphatic carbocycles. The fraction of sp³-hybridized carbons (Fsp3) is 0.200. The van der Waals surface area contributed by atoms with Crippen LogP contribution in [0, 0.1) is 5.82 Å². The molecule has 0 saturated heterocycles. The van der Waals surface area contributed by atoms with Gasteiger partial charge >= 0.3 is 0 Å². The summed E-state index contributed by atoms with van der Waals surface area (Å²) < 4.78 is 13.6. The molecule has 1 heterocycles. The first kappa shape index (κ1) is 14.9. The van der Waals surface area contributed by atoms with Gasteiger partial charge in [0.15, 0.2) is 0 Å². The molecule has 0 bridgehead atoms. The van der Waals surface area contributed by atoms with Crippen LogP contribution in [-0.4, -0.2) is 10.9 Å². The Bertz CT molecular complexity index is 658. The second-order valence-corrected chi connectivity index (χ2v) is 4.90. The van der Waals surface area contributed by atoms with E-state index in [1.54, 1.807) is 18.2 Å². The zero-order chi connectivity index (χ0) is 15.4. The third-order valence-electron chi connectivity index (χ3n) is 2.97. The van der Waals surface area contributed by atoms with Crippen molar-refractivity contribution in [2.75, 3.05) is 10.7 Å². The number of hydrogen-bond acceptors (Lipinski definition) is 4. The van der Waals surface area contributed by atoms with Gasteiger partial charge in [-0.15, -0.1) is 0 Å². The van der Waals surface area contributed by atoms with Crippen LogP contribution in [0.25, 0.3) is 0 Å². The lowest BCUT2D eigenvalue weighted by molar-refractivity contribution is 0.102. The summed E-state index contributed by atoms with van der Waals surface area (Å²) in [5.74, 6) is 4.99. The maximum Gasteiger partial charge on any atom is 0.255 e. The molecule has 0 fully saturated rings. The maximum atomic E-state index is 13.6. The topological polar surface area (TPSA) is 80.0 Å². The van der Waals surface area contributed by atoms with Gasteiger partial charge in [0.2, 0.25) is 0 Å². The molecule has 1 aromatic heterocycles. The number of halogens is 1. The van der Waals surface area contributed by atoms with Crippen molar-refractivity contribution in [3.05, 3.63) is 53.5 Å². The molecule has 0 unspecified atom stereocenters. The number of hydrazine groups is 1. The normalized spacial score (nSPS) is 10.5. The first-order chi connectivity index (χ1) is 10.0. The lowest BCUT2D eigenvalue weighted by Gasteiger charge is -2.11. The number of nitrogens with two attached hydrogens (primary N) is 1. The Labute approximate surface area is 122 Å². The number of nitrogens with one attached hydrogen (secondary N) is 2. The number of amides is 1.